The Morgan fingerprint density at radius 1 is 0.895 bits per heavy atom. The minimum absolute atomic E-state index is 0.157. The zero-order valence-electron chi connectivity index (χ0n) is 11.8. The van der Waals surface area contributed by atoms with Crippen molar-refractivity contribution in [2.75, 3.05) is 0 Å². The summed E-state index contributed by atoms with van der Waals surface area (Å²) in [6, 6.07) is 6.45. The van der Waals surface area contributed by atoms with Crippen molar-refractivity contribution in [3.63, 3.8) is 0 Å². The summed E-state index contributed by atoms with van der Waals surface area (Å²) in [6.45, 7) is 2.26. The van der Waals surface area contributed by atoms with Crippen LogP contribution in [0.25, 0.3) is 0 Å². The first-order valence-electron chi connectivity index (χ1n) is 7.35. The van der Waals surface area contributed by atoms with Gasteiger partial charge in [-0.15, -0.1) is 0 Å². The second-order valence-electron chi connectivity index (χ2n) is 5.22. The van der Waals surface area contributed by atoms with Gasteiger partial charge >= 0.3 is 0 Å². The minimum atomic E-state index is 0.157. The van der Waals surface area contributed by atoms with Gasteiger partial charge in [0, 0.05) is 15.0 Å². The van der Waals surface area contributed by atoms with Crippen molar-refractivity contribution in [3.05, 3.63) is 32.7 Å². The normalized spacial score (nSPS) is 12.6. The molecule has 1 aromatic carbocycles. The quantitative estimate of drug-likeness (QED) is 0.488. The standard InChI is InChI=1S/C16H25Br2N/c1-2-3-4-5-6-7-8-9-16(19)13-10-14(17)12-15(18)11-13/h10-12,16H,2-9,19H2,1H3. The topological polar surface area (TPSA) is 26.0 Å². The van der Waals surface area contributed by atoms with Crippen molar-refractivity contribution in [2.24, 2.45) is 5.73 Å². The predicted molar refractivity (Wildman–Crippen MR) is 91.4 cm³/mol. The second-order valence-corrected chi connectivity index (χ2v) is 7.05. The highest BCUT2D eigenvalue weighted by atomic mass is 79.9. The Morgan fingerprint density at radius 2 is 1.42 bits per heavy atom. The number of rotatable bonds is 9. The monoisotopic (exact) mass is 389 g/mol. The lowest BCUT2D eigenvalue weighted by molar-refractivity contribution is 0.541. The number of hydrogen-bond acceptors (Lipinski definition) is 1. The van der Waals surface area contributed by atoms with Crippen molar-refractivity contribution in [2.45, 2.75) is 64.3 Å². The molecular formula is C16H25Br2N. The summed E-state index contributed by atoms with van der Waals surface area (Å²) in [5, 5.41) is 0. The number of halogens is 2. The summed E-state index contributed by atoms with van der Waals surface area (Å²) in [7, 11) is 0. The highest BCUT2D eigenvalue weighted by Crippen LogP contribution is 2.25. The summed E-state index contributed by atoms with van der Waals surface area (Å²) in [6.07, 6.45) is 10.5. The molecule has 0 radical (unpaired) electrons. The van der Waals surface area contributed by atoms with Gasteiger partial charge in [-0.25, -0.2) is 0 Å². The Morgan fingerprint density at radius 3 is 2.00 bits per heavy atom. The summed E-state index contributed by atoms with van der Waals surface area (Å²) in [5.41, 5.74) is 7.47. The van der Waals surface area contributed by atoms with Crippen LogP contribution in [0, 0.1) is 0 Å². The molecule has 0 saturated heterocycles. The van der Waals surface area contributed by atoms with Gasteiger partial charge in [0.25, 0.3) is 0 Å². The van der Waals surface area contributed by atoms with E-state index in [1.54, 1.807) is 0 Å². The van der Waals surface area contributed by atoms with Crippen LogP contribution in [-0.4, -0.2) is 0 Å². The van der Waals surface area contributed by atoms with Crippen LogP contribution in [0.5, 0.6) is 0 Å². The molecule has 0 fully saturated rings. The molecular weight excluding hydrogens is 366 g/mol. The van der Waals surface area contributed by atoms with E-state index >= 15 is 0 Å². The third-order valence-electron chi connectivity index (χ3n) is 3.43. The molecule has 0 heterocycles. The molecule has 0 aliphatic carbocycles. The highest BCUT2D eigenvalue weighted by Gasteiger charge is 2.07. The minimum Gasteiger partial charge on any atom is -0.324 e. The van der Waals surface area contributed by atoms with Gasteiger partial charge < -0.3 is 5.73 Å². The van der Waals surface area contributed by atoms with E-state index in [2.05, 4.69) is 50.9 Å². The Bertz CT molecular complexity index is 346. The van der Waals surface area contributed by atoms with Gasteiger partial charge in [-0.3, -0.25) is 0 Å². The number of benzene rings is 1. The molecule has 0 amide bonds. The van der Waals surface area contributed by atoms with Crippen molar-refractivity contribution >= 4 is 31.9 Å². The van der Waals surface area contributed by atoms with Crippen molar-refractivity contribution in [1.29, 1.82) is 0 Å². The van der Waals surface area contributed by atoms with E-state index in [1.807, 2.05) is 6.07 Å². The third kappa shape index (κ3) is 7.48. The lowest BCUT2D eigenvalue weighted by atomic mass is 10.0. The average Bonchev–Trinajstić information content (AvgIpc) is 2.36. The van der Waals surface area contributed by atoms with Crippen LogP contribution >= 0.6 is 31.9 Å². The second kappa shape index (κ2) is 9.95. The molecule has 3 heteroatoms. The fourth-order valence-corrected chi connectivity index (χ4v) is 3.61. The Kier molecular flexibility index (Phi) is 9.01. The third-order valence-corrected chi connectivity index (χ3v) is 4.35. The summed E-state index contributed by atoms with van der Waals surface area (Å²) in [4.78, 5) is 0. The Hall–Kier alpha value is 0.140. The first-order chi connectivity index (χ1) is 9.13. The van der Waals surface area contributed by atoms with E-state index in [1.165, 1.54) is 50.5 Å². The molecule has 0 aliphatic rings. The van der Waals surface area contributed by atoms with Gasteiger partial charge in [0.2, 0.25) is 0 Å². The van der Waals surface area contributed by atoms with Crippen LogP contribution in [0.4, 0.5) is 0 Å². The lowest BCUT2D eigenvalue weighted by Crippen LogP contribution is -2.10. The molecule has 1 atom stereocenters. The van der Waals surface area contributed by atoms with Crippen LogP contribution in [0.1, 0.15) is 69.9 Å². The molecule has 0 aliphatic heterocycles. The van der Waals surface area contributed by atoms with Crippen molar-refractivity contribution in [3.8, 4) is 0 Å². The molecule has 0 bridgehead atoms. The van der Waals surface area contributed by atoms with E-state index in [0.717, 1.165) is 15.4 Å². The zero-order chi connectivity index (χ0) is 14.1. The van der Waals surface area contributed by atoms with Gasteiger partial charge in [0.15, 0.2) is 0 Å². The van der Waals surface area contributed by atoms with Gasteiger partial charge in [0.05, 0.1) is 0 Å². The SMILES string of the molecule is CCCCCCCCCC(N)c1cc(Br)cc(Br)c1. The maximum Gasteiger partial charge on any atom is 0.0295 e. The van der Waals surface area contributed by atoms with E-state index in [9.17, 15) is 0 Å². The van der Waals surface area contributed by atoms with Crippen LogP contribution in [-0.2, 0) is 0 Å². The zero-order valence-corrected chi connectivity index (χ0v) is 15.0. The maximum atomic E-state index is 6.25. The van der Waals surface area contributed by atoms with Crippen LogP contribution in [0.3, 0.4) is 0 Å². The molecule has 1 rings (SSSR count). The number of nitrogens with two attached hydrogens (primary N) is 1. The van der Waals surface area contributed by atoms with Crippen LogP contribution in [0.15, 0.2) is 27.1 Å². The summed E-state index contributed by atoms with van der Waals surface area (Å²) in [5.74, 6) is 0. The lowest BCUT2D eigenvalue weighted by Gasteiger charge is -2.13. The molecule has 0 aromatic heterocycles. The number of hydrogen-bond donors (Lipinski definition) is 1. The van der Waals surface area contributed by atoms with Gasteiger partial charge in [-0.1, -0.05) is 83.7 Å². The van der Waals surface area contributed by atoms with E-state index in [-0.39, 0.29) is 6.04 Å². The van der Waals surface area contributed by atoms with E-state index < -0.39 is 0 Å². The van der Waals surface area contributed by atoms with Gasteiger partial charge in [0.1, 0.15) is 0 Å². The average molecular weight is 391 g/mol. The predicted octanol–water partition coefficient (Wildman–Crippen LogP) is 6.35. The molecule has 19 heavy (non-hydrogen) atoms. The van der Waals surface area contributed by atoms with Gasteiger partial charge in [-0.2, -0.15) is 0 Å². The van der Waals surface area contributed by atoms with Crippen molar-refractivity contribution in [1.82, 2.24) is 0 Å². The largest absolute Gasteiger partial charge is 0.324 e. The Labute approximate surface area is 134 Å². The molecule has 1 nitrogen and oxygen atoms in total. The molecule has 1 unspecified atom stereocenters. The fraction of sp³-hybridized carbons (Fsp3) is 0.625. The first-order valence-corrected chi connectivity index (χ1v) is 8.93. The number of unbranched alkanes of at least 4 members (excludes halogenated alkanes) is 6. The van der Waals surface area contributed by atoms with E-state index in [0.29, 0.717) is 0 Å². The molecule has 108 valence electrons. The van der Waals surface area contributed by atoms with Crippen LogP contribution in [0.2, 0.25) is 0 Å². The smallest absolute Gasteiger partial charge is 0.0295 e. The summed E-state index contributed by atoms with van der Waals surface area (Å²) >= 11 is 7.03. The van der Waals surface area contributed by atoms with E-state index in [4.69, 9.17) is 5.73 Å². The Balaban J connectivity index is 2.22. The maximum absolute atomic E-state index is 6.25. The molecule has 1 aromatic rings. The molecule has 0 spiro atoms. The van der Waals surface area contributed by atoms with Crippen LogP contribution < -0.4 is 5.73 Å². The van der Waals surface area contributed by atoms with Gasteiger partial charge in [-0.05, 0) is 30.2 Å². The fourth-order valence-electron chi connectivity index (χ4n) is 2.28. The molecule has 0 saturated carbocycles. The summed E-state index contributed by atoms with van der Waals surface area (Å²) < 4.78 is 2.18. The molecule has 2 N–H and O–H groups in total. The first kappa shape index (κ1) is 17.2. The highest BCUT2D eigenvalue weighted by molar-refractivity contribution is 9.11. The van der Waals surface area contributed by atoms with Crippen molar-refractivity contribution < 1.29 is 0 Å².